The van der Waals surface area contributed by atoms with E-state index in [4.69, 9.17) is 10.6 Å². The van der Waals surface area contributed by atoms with E-state index in [-0.39, 0.29) is 17.6 Å². The molecular formula is C13H23N5O. The number of nitrogens with zero attached hydrogens (tertiary/aromatic N) is 2. The van der Waals surface area contributed by atoms with Crippen LogP contribution in [0.15, 0.2) is 6.07 Å². The zero-order chi connectivity index (χ0) is 14.0. The number of nitrogen functional groups attached to an aromatic ring is 1. The lowest BCUT2D eigenvalue weighted by Crippen LogP contribution is -2.41. The van der Waals surface area contributed by atoms with Crippen LogP contribution in [0, 0.1) is 0 Å². The van der Waals surface area contributed by atoms with Crippen LogP contribution in [0.25, 0.3) is 0 Å². The Morgan fingerprint density at radius 3 is 2.63 bits per heavy atom. The molecule has 1 aliphatic heterocycles. The van der Waals surface area contributed by atoms with Crippen molar-refractivity contribution in [2.45, 2.75) is 51.7 Å². The van der Waals surface area contributed by atoms with E-state index in [1.54, 1.807) is 0 Å². The van der Waals surface area contributed by atoms with Gasteiger partial charge in [-0.05, 0) is 20.3 Å². The first-order chi connectivity index (χ1) is 8.94. The van der Waals surface area contributed by atoms with Crippen LogP contribution in [0.3, 0.4) is 0 Å². The molecule has 106 valence electrons. The minimum absolute atomic E-state index is 0.103. The van der Waals surface area contributed by atoms with Crippen LogP contribution in [-0.4, -0.2) is 28.2 Å². The summed E-state index contributed by atoms with van der Waals surface area (Å²) >= 11 is 0. The Bertz CT molecular complexity index is 451. The lowest BCUT2D eigenvalue weighted by atomic mass is 9.95. The highest BCUT2D eigenvalue weighted by molar-refractivity contribution is 5.49. The van der Waals surface area contributed by atoms with Crippen LogP contribution < -0.4 is 16.6 Å². The number of nitrogens with two attached hydrogens (primary N) is 1. The molecule has 19 heavy (non-hydrogen) atoms. The highest BCUT2D eigenvalue weighted by atomic mass is 16.5. The molecule has 0 aromatic carbocycles. The van der Waals surface area contributed by atoms with Gasteiger partial charge in [0.1, 0.15) is 17.5 Å². The molecule has 6 heteroatoms. The van der Waals surface area contributed by atoms with Gasteiger partial charge in [-0.15, -0.1) is 0 Å². The smallest absolute Gasteiger partial charge is 0.145 e. The molecule has 2 atom stereocenters. The normalized spacial score (nSPS) is 26.7. The molecule has 1 aromatic rings. The lowest BCUT2D eigenvalue weighted by molar-refractivity contribution is 0.105. The summed E-state index contributed by atoms with van der Waals surface area (Å²) < 4.78 is 5.63. The van der Waals surface area contributed by atoms with Crippen molar-refractivity contribution >= 4 is 11.6 Å². The summed E-state index contributed by atoms with van der Waals surface area (Å²) in [5.41, 5.74) is 2.49. The monoisotopic (exact) mass is 265 g/mol. The van der Waals surface area contributed by atoms with Crippen LogP contribution >= 0.6 is 0 Å². The van der Waals surface area contributed by atoms with Gasteiger partial charge in [0, 0.05) is 18.6 Å². The van der Waals surface area contributed by atoms with Gasteiger partial charge in [0.25, 0.3) is 0 Å². The van der Waals surface area contributed by atoms with E-state index in [1.165, 1.54) is 0 Å². The SMILES string of the molecule is CC(C)c1nc(NN)cc(NC2(C)CCOC2C)n1. The van der Waals surface area contributed by atoms with Crippen LogP contribution in [0.4, 0.5) is 11.6 Å². The van der Waals surface area contributed by atoms with Crippen LogP contribution in [-0.2, 0) is 4.74 Å². The van der Waals surface area contributed by atoms with Gasteiger partial charge in [-0.25, -0.2) is 15.8 Å². The predicted octanol–water partition coefficient (Wildman–Crippen LogP) is 1.86. The largest absolute Gasteiger partial charge is 0.376 e. The summed E-state index contributed by atoms with van der Waals surface area (Å²) in [5.74, 6) is 7.89. The number of hydrogen-bond acceptors (Lipinski definition) is 6. The molecule has 1 fully saturated rings. The predicted molar refractivity (Wildman–Crippen MR) is 76.0 cm³/mol. The molecule has 2 unspecified atom stereocenters. The van der Waals surface area contributed by atoms with Crippen molar-refractivity contribution in [3.63, 3.8) is 0 Å². The average molecular weight is 265 g/mol. The molecule has 1 aromatic heterocycles. The van der Waals surface area contributed by atoms with Crippen molar-refractivity contribution in [2.24, 2.45) is 5.84 Å². The number of ether oxygens (including phenoxy) is 1. The molecule has 2 heterocycles. The van der Waals surface area contributed by atoms with E-state index in [0.717, 1.165) is 24.7 Å². The summed E-state index contributed by atoms with van der Waals surface area (Å²) in [6.07, 6.45) is 1.11. The van der Waals surface area contributed by atoms with Gasteiger partial charge in [0.05, 0.1) is 11.6 Å². The number of aromatic nitrogens is 2. The zero-order valence-electron chi connectivity index (χ0n) is 12.0. The summed E-state index contributed by atoms with van der Waals surface area (Å²) in [7, 11) is 0. The van der Waals surface area contributed by atoms with E-state index in [0.29, 0.717) is 5.82 Å². The summed E-state index contributed by atoms with van der Waals surface area (Å²) in [5, 5.41) is 3.47. The third kappa shape index (κ3) is 2.96. The fraction of sp³-hybridized carbons (Fsp3) is 0.692. The van der Waals surface area contributed by atoms with E-state index in [9.17, 15) is 0 Å². The maximum Gasteiger partial charge on any atom is 0.145 e. The van der Waals surface area contributed by atoms with Gasteiger partial charge in [-0.1, -0.05) is 13.8 Å². The summed E-state index contributed by atoms with van der Waals surface area (Å²) in [4.78, 5) is 8.90. The number of anilines is 2. The van der Waals surface area contributed by atoms with Crippen LogP contribution in [0.5, 0.6) is 0 Å². The molecule has 0 spiro atoms. The Kier molecular flexibility index (Phi) is 3.91. The van der Waals surface area contributed by atoms with Crippen molar-refractivity contribution in [1.82, 2.24) is 9.97 Å². The Morgan fingerprint density at radius 2 is 2.11 bits per heavy atom. The highest BCUT2D eigenvalue weighted by Gasteiger charge is 2.37. The molecule has 0 radical (unpaired) electrons. The van der Waals surface area contributed by atoms with Gasteiger partial charge < -0.3 is 15.5 Å². The Balaban J connectivity index is 2.26. The second kappa shape index (κ2) is 5.30. The van der Waals surface area contributed by atoms with E-state index in [1.807, 2.05) is 6.07 Å². The quantitative estimate of drug-likeness (QED) is 0.569. The van der Waals surface area contributed by atoms with Gasteiger partial charge in [-0.3, -0.25) is 0 Å². The molecule has 1 saturated heterocycles. The standard InChI is InChI=1S/C13H23N5O/c1-8(2)12-15-10(7-11(16-12)18-14)17-13(4)5-6-19-9(13)3/h7-9H,5-6,14H2,1-4H3,(H2,15,16,17,18). The Morgan fingerprint density at radius 1 is 1.42 bits per heavy atom. The fourth-order valence-electron chi connectivity index (χ4n) is 2.15. The van der Waals surface area contributed by atoms with Gasteiger partial charge in [0.2, 0.25) is 0 Å². The van der Waals surface area contributed by atoms with Gasteiger partial charge >= 0.3 is 0 Å². The van der Waals surface area contributed by atoms with Crippen LogP contribution in [0.2, 0.25) is 0 Å². The molecule has 0 amide bonds. The summed E-state index contributed by atoms with van der Waals surface area (Å²) in [6, 6.07) is 1.82. The van der Waals surface area contributed by atoms with E-state index < -0.39 is 0 Å². The summed E-state index contributed by atoms with van der Waals surface area (Å²) in [6.45, 7) is 9.11. The van der Waals surface area contributed by atoms with Crippen molar-refractivity contribution < 1.29 is 4.74 Å². The number of rotatable bonds is 4. The van der Waals surface area contributed by atoms with Gasteiger partial charge in [0.15, 0.2) is 0 Å². The molecule has 2 rings (SSSR count). The van der Waals surface area contributed by atoms with Crippen molar-refractivity contribution in [3.8, 4) is 0 Å². The lowest BCUT2D eigenvalue weighted by Gasteiger charge is -2.29. The first-order valence-corrected chi connectivity index (χ1v) is 6.70. The zero-order valence-corrected chi connectivity index (χ0v) is 12.0. The second-order valence-electron chi connectivity index (χ2n) is 5.60. The van der Waals surface area contributed by atoms with Crippen molar-refractivity contribution in [3.05, 3.63) is 11.9 Å². The van der Waals surface area contributed by atoms with Crippen molar-refractivity contribution in [2.75, 3.05) is 17.3 Å². The van der Waals surface area contributed by atoms with E-state index in [2.05, 4.69) is 48.4 Å². The molecule has 0 aliphatic carbocycles. The first kappa shape index (κ1) is 14.0. The van der Waals surface area contributed by atoms with Crippen molar-refractivity contribution in [1.29, 1.82) is 0 Å². The molecule has 1 aliphatic rings. The third-order valence-electron chi connectivity index (χ3n) is 3.71. The fourth-order valence-corrected chi connectivity index (χ4v) is 2.15. The molecule has 0 saturated carbocycles. The second-order valence-corrected chi connectivity index (χ2v) is 5.60. The average Bonchev–Trinajstić information content (AvgIpc) is 2.68. The number of nitrogens with one attached hydrogen (secondary N) is 2. The minimum atomic E-state index is -0.103. The molecule has 4 N–H and O–H groups in total. The molecular weight excluding hydrogens is 242 g/mol. The first-order valence-electron chi connectivity index (χ1n) is 6.70. The molecule has 0 bridgehead atoms. The number of hydrazine groups is 1. The Labute approximate surface area is 114 Å². The maximum atomic E-state index is 5.63. The number of hydrogen-bond donors (Lipinski definition) is 3. The van der Waals surface area contributed by atoms with E-state index >= 15 is 0 Å². The topological polar surface area (TPSA) is 85.1 Å². The van der Waals surface area contributed by atoms with Crippen LogP contribution in [0.1, 0.15) is 45.9 Å². The minimum Gasteiger partial charge on any atom is -0.376 e. The highest BCUT2D eigenvalue weighted by Crippen LogP contribution is 2.29. The molecule has 6 nitrogen and oxygen atoms in total. The third-order valence-corrected chi connectivity index (χ3v) is 3.71. The maximum absolute atomic E-state index is 5.63. The van der Waals surface area contributed by atoms with Gasteiger partial charge in [-0.2, -0.15) is 0 Å². The Hall–Kier alpha value is -1.40.